The van der Waals surface area contributed by atoms with Crippen LogP contribution in [0.1, 0.15) is 5.56 Å². The number of hydrogen-bond donors (Lipinski definition) is 1. The molecule has 0 saturated heterocycles. The Morgan fingerprint density at radius 1 is 1.38 bits per heavy atom. The standard InChI is InChI=1S/C10H10BrNO/c1-7-3-5-9(6-4-7)12-10(13)8(2)11/h3-6H,2H2,1H3,(H,12,13). The molecule has 0 radical (unpaired) electrons. The van der Waals surface area contributed by atoms with Gasteiger partial charge in [-0.25, -0.2) is 0 Å². The largest absolute Gasteiger partial charge is 0.322 e. The van der Waals surface area contributed by atoms with Gasteiger partial charge in [0.25, 0.3) is 5.91 Å². The Balaban J connectivity index is 2.70. The van der Waals surface area contributed by atoms with Crippen LogP contribution in [-0.4, -0.2) is 5.91 Å². The Kier molecular flexibility index (Phi) is 3.25. The van der Waals surface area contributed by atoms with E-state index in [2.05, 4.69) is 27.8 Å². The van der Waals surface area contributed by atoms with Gasteiger partial charge in [-0.3, -0.25) is 4.79 Å². The molecule has 0 bridgehead atoms. The number of nitrogens with one attached hydrogen (secondary N) is 1. The summed E-state index contributed by atoms with van der Waals surface area (Å²) in [4.78, 5) is 11.1. The van der Waals surface area contributed by atoms with Crippen LogP contribution in [0.4, 0.5) is 5.69 Å². The van der Waals surface area contributed by atoms with Gasteiger partial charge in [-0.05, 0) is 35.0 Å². The highest BCUT2D eigenvalue weighted by Gasteiger charge is 2.02. The first-order valence-corrected chi connectivity index (χ1v) is 4.61. The monoisotopic (exact) mass is 239 g/mol. The van der Waals surface area contributed by atoms with E-state index in [1.54, 1.807) is 0 Å². The molecule has 1 aromatic carbocycles. The molecule has 0 atom stereocenters. The van der Waals surface area contributed by atoms with Crippen LogP contribution in [0.3, 0.4) is 0 Å². The zero-order valence-corrected chi connectivity index (χ0v) is 8.89. The Hall–Kier alpha value is -1.09. The average Bonchev–Trinajstić information content (AvgIpc) is 2.08. The Morgan fingerprint density at radius 3 is 2.38 bits per heavy atom. The molecule has 68 valence electrons. The van der Waals surface area contributed by atoms with Crippen molar-refractivity contribution in [1.82, 2.24) is 0 Å². The molecule has 0 aliphatic carbocycles. The number of halogens is 1. The van der Waals surface area contributed by atoms with Crippen LogP contribution in [0.2, 0.25) is 0 Å². The molecular formula is C10H10BrNO. The molecule has 1 amide bonds. The van der Waals surface area contributed by atoms with Crippen LogP contribution in [0, 0.1) is 6.92 Å². The fourth-order valence-electron chi connectivity index (χ4n) is 0.836. The van der Waals surface area contributed by atoms with Gasteiger partial charge in [-0.15, -0.1) is 0 Å². The van der Waals surface area contributed by atoms with E-state index in [4.69, 9.17) is 0 Å². The molecule has 0 aromatic heterocycles. The summed E-state index contributed by atoms with van der Waals surface area (Å²) in [6.07, 6.45) is 0. The molecule has 1 aromatic rings. The van der Waals surface area contributed by atoms with E-state index in [0.717, 1.165) is 11.3 Å². The van der Waals surface area contributed by atoms with Crippen LogP contribution in [0.5, 0.6) is 0 Å². The molecule has 3 heteroatoms. The van der Waals surface area contributed by atoms with E-state index in [0.29, 0.717) is 4.48 Å². The third kappa shape index (κ3) is 3.03. The van der Waals surface area contributed by atoms with Gasteiger partial charge in [0.2, 0.25) is 0 Å². The van der Waals surface area contributed by atoms with Crippen LogP contribution in [0.15, 0.2) is 35.3 Å². The van der Waals surface area contributed by atoms with Gasteiger partial charge in [-0.1, -0.05) is 24.3 Å². The van der Waals surface area contributed by atoms with Gasteiger partial charge in [0.05, 0.1) is 4.48 Å². The second kappa shape index (κ2) is 4.23. The van der Waals surface area contributed by atoms with Gasteiger partial charge >= 0.3 is 0 Å². The molecule has 0 spiro atoms. The van der Waals surface area contributed by atoms with Gasteiger partial charge < -0.3 is 5.32 Å². The van der Waals surface area contributed by atoms with Crippen LogP contribution in [-0.2, 0) is 4.79 Å². The first-order valence-electron chi connectivity index (χ1n) is 3.82. The van der Waals surface area contributed by atoms with Crippen molar-refractivity contribution < 1.29 is 4.79 Å². The van der Waals surface area contributed by atoms with E-state index in [9.17, 15) is 4.79 Å². The lowest BCUT2D eigenvalue weighted by atomic mass is 10.2. The number of carbonyl (C=O) groups is 1. The number of amides is 1. The molecule has 0 heterocycles. The predicted octanol–water partition coefficient (Wildman–Crippen LogP) is 2.84. The first kappa shape index (κ1) is 9.99. The second-order valence-corrected chi connectivity index (χ2v) is 3.68. The average molecular weight is 240 g/mol. The lowest BCUT2D eigenvalue weighted by Gasteiger charge is -2.03. The van der Waals surface area contributed by atoms with E-state index < -0.39 is 0 Å². The summed E-state index contributed by atoms with van der Waals surface area (Å²) in [6.45, 7) is 5.47. The minimum absolute atomic E-state index is 0.219. The van der Waals surface area contributed by atoms with Crippen molar-refractivity contribution in [2.75, 3.05) is 5.32 Å². The summed E-state index contributed by atoms with van der Waals surface area (Å²) in [5.41, 5.74) is 1.94. The second-order valence-electron chi connectivity index (χ2n) is 2.73. The summed E-state index contributed by atoms with van der Waals surface area (Å²) in [7, 11) is 0. The Labute approximate surface area is 85.8 Å². The third-order valence-corrected chi connectivity index (χ3v) is 1.92. The predicted molar refractivity (Wildman–Crippen MR) is 57.9 cm³/mol. The van der Waals surface area contributed by atoms with Crippen molar-refractivity contribution in [3.05, 3.63) is 40.9 Å². The number of rotatable bonds is 2. The quantitative estimate of drug-likeness (QED) is 0.791. The third-order valence-electron chi connectivity index (χ3n) is 1.56. The van der Waals surface area contributed by atoms with E-state index >= 15 is 0 Å². The van der Waals surface area contributed by atoms with Gasteiger partial charge in [-0.2, -0.15) is 0 Å². The van der Waals surface area contributed by atoms with E-state index in [-0.39, 0.29) is 5.91 Å². The molecule has 0 saturated carbocycles. The van der Waals surface area contributed by atoms with E-state index in [1.165, 1.54) is 0 Å². The van der Waals surface area contributed by atoms with Crippen molar-refractivity contribution in [1.29, 1.82) is 0 Å². The van der Waals surface area contributed by atoms with Crippen molar-refractivity contribution in [3.8, 4) is 0 Å². The topological polar surface area (TPSA) is 29.1 Å². The SMILES string of the molecule is C=C(Br)C(=O)Nc1ccc(C)cc1. The number of carbonyl (C=O) groups excluding carboxylic acids is 1. The number of anilines is 1. The highest BCUT2D eigenvalue weighted by molar-refractivity contribution is 9.12. The zero-order chi connectivity index (χ0) is 9.84. The van der Waals surface area contributed by atoms with Gasteiger partial charge in [0, 0.05) is 5.69 Å². The minimum atomic E-state index is -0.219. The van der Waals surface area contributed by atoms with Crippen LogP contribution >= 0.6 is 15.9 Å². The van der Waals surface area contributed by atoms with Crippen LogP contribution < -0.4 is 5.32 Å². The highest BCUT2D eigenvalue weighted by Crippen LogP contribution is 2.11. The normalized spacial score (nSPS) is 9.38. The molecule has 0 unspecified atom stereocenters. The number of aryl methyl sites for hydroxylation is 1. The first-order chi connectivity index (χ1) is 6.09. The molecule has 0 fully saturated rings. The molecule has 2 nitrogen and oxygen atoms in total. The molecule has 13 heavy (non-hydrogen) atoms. The fourth-order valence-corrected chi connectivity index (χ4v) is 0.935. The van der Waals surface area contributed by atoms with Gasteiger partial charge in [0.15, 0.2) is 0 Å². The summed E-state index contributed by atoms with van der Waals surface area (Å²) in [5.74, 6) is -0.219. The van der Waals surface area contributed by atoms with Crippen molar-refractivity contribution in [2.24, 2.45) is 0 Å². The smallest absolute Gasteiger partial charge is 0.262 e. The maximum atomic E-state index is 11.1. The lowest BCUT2D eigenvalue weighted by Crippen LogP contribution is -2.10. The molecule has 0 aliphatic heterocycles. The molecule has 1 N–H and O–H groups in total. The zero-order valence-electron chi connectivity index (χ0n) is 7.30. The van der Waals surface area contributed by atoms with Gasteiger partial charge in [0.1, 0.15) is 0 Å². The summed E-state index contributed by atoms with van der Waals surface area (Å²) >= 11 is 3.01. The molecular weight excluding hydrogens is 230 g/mol. The number of benzene rings is 1. The summed E-state index contributed by atoms with van der Waals surface area (Å²) in [5, 5.41) is 2.68. The van der Waals surface area contributed by atoms with Crippen LogP contribution in [0.25, 0.3) is 0 Å². The Bertz CT molecular complexity index is 329. The summed E-state index contributed by atoms with van der Waals surface area (Å²) in [6, 6.07) is 7.57. The number of hydrogen-bond acceptors (Lipinski definition) is 1. The highest BCUT2D eigenvalue weighted by atomic mass is 79.9. The maximum absolute atomic E-state index is 11.1. The fraction of sp³-hybridized carbons (Fsp3) is 0.100. The van der Waals surface area contributed by atoms with Crippen molar-refractivity contribution in [3.63, 3.8) is 0 Å². The summed E-state index contributed by atoms with van der Waals surface area (Å²) < 4.78 is 0.327. The van der Waals surface area contributed by atoms with Crippen molar-refractivity contribution in [2.45, 2.75) is 6.92 Å². The maximum Gasteiger partial charge on any atom is 0.262 e. The Morgan fingerprint density at radius 2 is 1.92 bits per heavy atom. The molecule has 0 aliphatic rings. The minimum Gasteiger partial charge on any atom is -0.322 e. The lowest BCUT2D eigenvalue weighted by molar-refractivity contribution is -0.112. The van der Waals surface area contributed by atoms with Crippen molar-refractivity contribution >= 4 is 27.5 Å². The van der Waals surface area contributed by atoms with E-state index in [1.807, 2.05) is 31.2 Å². The molecule has 1 rings (SSSR count).